The minimum absolute atomic E-state index is 0.0167. The summed E-state index contributed by atoms with van der Waals surface area (Å²) in [5.41, 5.74) is -0.0190. The second-order valence-electron chi connectivity index (χ2n) is 4.44. The van der Waals surface area contributed by atoms with Gasteiger partial charge in [-0.2, -0.15) is 5.26 Å². The molecule has 0 bridgehead atoms. The Morgan fingerprint density at radius 1 is 1.00 bits per heavy atom. The number of amides is 2. The highest BCUT2D eigenvalue weighted by atomic mass is 16.4. The summed E-state index contributed by atoms with van der Waals surface area (Å²) in [6.45, 7) is 0. The van der Waals surface area contributed by atoms with Crippen molar-refractivity contribution in [1.29, 1.82) is 5.26 Å². The number of rotatable bonds is 3. The van der Waals surface area contributed by atoms with E-state index in [2.05, 4.69) is 10.6 Å². The van der Waals surface area contributed by atoms with Gasteiger partial charge in [-0.25, -0.2) is 9.59 Å². The van der Waals surface area contributed by atoms with Crippen LogP contribution in [-0.2, 0) is 19.2 Å². The Kier molecular flexibility index (Phi) is 5.23. The van der Waals surface area contributed by atoms with E-state index in [4.69, 9.17) is 15.5 Å². The van der Waals surface area contributed by atoms with Gasteiger partial charge in [0.05, 0.1) is 28.7 Å². The number of aliphatic carboxylic acids is 2. The van der Waals surface area contributed by atoms with Crippen molar-refractivity contribution in [2.24, 2.45) is 0 Å². The number of carbonyl (C=O) groups is 4. The Morgan fingerprint density at radius 3 is 1.65 bits per heavy atom. The highest BCUT2D eigenvalue weighted by Gasteiger charge is 2.21. The Balaban J connectivity index is 3.46. The minimum atomic E-state index is -1.74. The van der Waals surface area contributed by atoms with Gasteiger partial charge < -0.3 is 25.7 Å². The third kappa shape index (κ3) is 4.18. The molecule has 0 radical (unpaired) electrons. The quantitative estimate of drug-likeness (QED) is 0.551. The molecule has 0 saturated heterocycles. The summed E-state index contributed by atoms with van der Waals surface area (Å²) < 4.78 is 0. The van der Waals surface area contributed by atoms with Crippen molar-refractivity contribution in [3.63, 3.8) is 0 Å². The van der Waals surface area contributed by atoms with Crippen molar-refractivity contribution in [2.75, 3.05) is 29.6 Å². The van der Waals surface area contributed by atoms with Gasteiger partial charge in [-0.3, -0.25) is 9.59 Å². The van der Waals surface area contributed by atoms with Crippen LogP contribution in [0.15, 0.2) is 12.1 Å². The van der Waals surface area contributed by atoms with Crippen LogP contribution in [-0.4, -0.2) is 48.1 Å². The molecule has 10 heteroatoms. The van der Waals surface area contributed by atoms with E-state index in [1.807, 2.05) is 0 Å². The summed E-state index contributed by atoms with van der Waals surface area (Å²) in [6.07, 6.45) is 0. The van der Waals surface area contributed by atoms with E-state index in [0.29, 0.717) is 0 Å². The molecule has 0 fully saturated rings. The largest absolute Gasteiger partial charge is 0.474 e. The second kappa shape index (κ2) is 6.90. The van der Waals surface area contributed by atoms with E-state index in [1.54, 1.807) is 6.07 Å². The van der Waals surface area contributed by atoms with Gasteiger partial charge >= 0.3 is 23.8 Å². The number of nitrogens with one attached hydrogen (secondary N) is 2. The van der Waals surface area contributed by atoms with Gasteiger partial charge in [-0.05, 0) is 12.1 Å². The van der Waals surface area contributed by atoms with Gasteiger partial charge in [0, 0.05) is 14.1 Å². The van der Waals surface area contributed by atoms with Crippen LogP contribution in [0.5, 0.6) is 0 Å². The van der Waals surface area contributed by atoms with Gasteiger partial charge in [0.25, 0.3) is 0 Å². The molecule has 10 nitrogen and oxygen atoms in total. The van der Waals surface area contributed by atoms with E-state index < -0.39 is 23.8 Å². The molecule has 0 saturated carbocycles. The van der Waals surface area contributed by atoms with E-state index in [9.17, 15) is 19.2 Å². The van der Waals surface area contributed by atoms with Gasteiger partial charge in [0.15, 0.2) is 0 Å². The number of carboxylic acids is 2. The van der Waals surface area contributed by atoms with Crippen molar-refractivity contribution in [2.45, 2.75) is 0 Å². The molecule has 0 heterocycles. The Bertz CT molecular complexity index is 685. The first-order valence-corrected chi connectivity index (χ1v) is 6.01. The van der Waals surface area contributed by atoms with Crippen LogP contribution in [0, 0.1) is 11.3 Å². The van der Waals surface area contributed by atoms with Gasteiger partial charge in [0.2, 0.25) is 0 Å². The van der Waals surface area contributed by atoms with Crippen molar-refractivity contribution in [3.05, 3.63) is 17.7 Å². The van der Waals surface area contributed by atoms with Crippen molar-refractivity contribution < 1.29 is 29.4 Å². The standard InChI is InChI=1S/C13H12N4O6/c1-17(2)9-7(15-10(18)12(20)21)3-6(5-14)4-8(9)16-11(19)13(22)23/h3-4H,1-2H3,(H,15,18)(H,16,19)(H,20,21)(H,22,23). The normalized spacial score (nSPS) is 9.43. The molecule has 0 aliphatic heterocycles. The SMILES string of the molecule is CN(C)c1c(NC(=O)C(=O)O)cc(C#N)cc1NC(=O)C(=O)O. The van der Waals surface area contributed by atoms with Crippen LogP contribution in [0.3, 0.4) is 0 Å². The first-order chi connectivity index (χ1) is 10.7. The third-order valence-corrected chi connectivity index (χ3v) is 2.57. The van der Waals surface area contributed by atoms with Crippen LogP contribution in [0.1, 0.15) is 5.56 Å². The fraction of sp³-hybridized carbons (Fsp3) is 0.154. The smallest absolute Gasteiger partial charge is 0.394 e. The topological polar surface area (TPSA) is 160 Å². The molecular weight excluding hydrogens is 308 g/mol. The molecule has 0 spiro atoms. The lowest BCUT2D eigenvalue weighted by molar-refractivity contribution is -0.147. The first kappa shape index (κ1) is 17.4. The molecule has 0 aromatic heterocycles. The Morgan fingerprint density at radius 2 is 1.39 bits per heavy atom. The second-order valence-corrected chi connectivity index (χ2v) is 4.44. The van der Waals surface area contributed by atoms with E-state index >= 15 is 0 Å². The predicted molar refractivity (Wildman–Crippen MR) is 78.0 cm³/mol. The average Bonchev–Trinajstić information content (AvgIpc) is 2.45. The molecule has 1 aromatic rings. The molecule has 0 unspecified atom stereocenters. The van der Waals surface area contributed by atoms with E-state index in [-0.39, 0.29) is 22.6 Å². The average molecular weight is 320 g/mol. The molecule has 23 heavy (non-hydrogen) atoms. The number of hydrogen-bond acceptors (Lipinski definition) is 6. The lowest BCUT2D eigenvalue weighted by atomic mass is 10.1. The van der Waals surface area contributed by atoms with Gasteiger partial charge in [-0.1, -0.05) is 0 Å². The van der Waals surface area contributed by atoms with Crippen LogP contribution >= 0.6 is 0 Å². The number of anilines is 3. The molecular formula is C13H12N4O6. The number of carboxylic acid groups (broad SMARTS) is 2. The Labute approximate surface area is 129 Å². The third-order valence-electron chi connectivity index (χ3n) is 2.57. The summed E-state index contributed by atoms with van der Waals surface area (Å²) in [5, 5.41) is 30.4. The number of carbonyl (C=O) groups excluding carboxylic acids is 2. The molecule has 2 amide bonds. The van der Waals surface area contributed by atoms with E-state index in [1.165, 1.54) is 31.1 Å². The predicted octanol–water partition coefficient (Wildman–Crippen LogP) is -0.330. The van der Waals surface area contributed by atoms with Crippen molar-refractivity contribution in [3.8, 4) is 6.07 Å². The summed E-state index contributed by atoms with van der Waals surface area (Å²) in [7, 11) is 3.04. The molecule has 0 atom stereocenters. The monoisotopic (exact) mass is 320 g/mol. The zero-order valence-electron chi connectivity index (χ0n) is 12.1. The minimum Gasteiger partial charge on any atom is -0.474 e. The lowest BCUT2D eigenvalue weighted by Gasteiger charge is -2.22. The van der Waals surface area contributed by atoms with Gasteiger partial charge in [-0.15, -0.1) is 0 Å². The summed E-state index contributed by atoms with van der Waals surface area (Å²) >= 11 is 0. The summed E-state index contributed by atoms with van der Waals surface area (Å²) in [4.78, 5) is 45.4. The fourth-order valence-electron chi connectivity index (χ4n) is 1.72. The first-order valence-electron chi connectivity index (χ1n) is 6.01. The fourth-order valence-corrected chi connectivity index (χ4v) is 1.72. The van der Waals surface area contributed by atoms with Crippen LogP contribution < -0.4 is 15.5 Å². The number of nitrogens with zero attached hydrogens (tertiary/aromatic N) is 2. The molecule has 1 rings (SSSR count). The van der Waals surface area contributed by atoms with Crippen LogP contribution in [0.2, 0.25) is 0 Å². The summed E-state index contributed by atoms with van der Waals surface area (Å²) in [6, 6.07) is 4.16. The molecule has 1 aromatic carbocycles. The maximum Gasteiger partial charge on any atom is 0.394 e. The van der Waals surface area contributed by atoms with Crippen LogP contribution in [0.4, 0.5) is 17.1 Å². The zero-order chi connectivity index (χ0) is 17.7. The molecule has 0 aliphatic rings. The maximum absolute atomic E-state index is 11.3. The Hall–Kier alpha value is -3.61. The highest BCUT2D eigenvalue weighted by Crippen LogP contribution is 2.34. The van der Waals surface area contributed by atoms with Crippen molar-refractivity contribution >= 4 is 40.8 Å². The highest BCUT2D eigenvalue weighted by molar-refractivity contribution is 6.38. The van der Waals surface area contributed by atoms with Crippen molar-refractivity contribution in [1.82, 2.24) is 0 Å². The van der Waals surface area contributed by atoms with E-state index in [0.717, 1.165) is 0 Å². The summed E-state index contributed by atoms with van der Waals surface area (Å²) in [5.74, 6) is -6.18. The number of nitriles is 1. The van der Waals surface area contributed by atoms with Crippen LogP contribution in [0.25, 0.3) is 0 Å². The molecule has 120 valence electrons. The zero-order valence-corrected chi connectivity index (χ0v) is 12.1. The van der Waals surface area contributed by atoms with Gasteiger partial charge in [0.1, 0.15) is 0 Å². The maximum atomic E-state index is 11.3. The number of hydrogen-bond donors (Lipinski definition) is 4. The molecule has 0 aliphatic carbocycles. The molecule has 4 N–H and O–H groups in total. The lowest BCUT2D eigenvalue weighted by Crippen LogP contribution is -2.26. The number of benzene rings is 1.